The van der Waals surface area contributed by atoms with Crippen molar-refractivity contribution in [3.8, 4) is 0 Å². The Labute approximate surface area is 73.2 Å². The molecule has 1 rings (SSSR count). The van der Waals surface area contributed by atoms with Crippen molar-refractivity contribution >= 4 is 11.6 Å². The summed E-state index contributed by atoms with van der Waals surface area (Å²) in [7, 11) is 0. The Morgan fingerprint density at radius 1 is 1.42 bits per heavy atom. The fourth-order valence-corrected chi connectivity index (χ4v) is 1.12. The maximum Gasteiger partial charge on any atom is -0.00263 e. The van der Waals surface area contributed by atoms with Crippen molar-refractivity contribution in [2.45, 2.75) is 6.92 Å². The van der Waals surface area contributed by atoms with Gasteiger partial charge in [-0.05, 0) is 29.8 Å². The van der Waals surface area contributed by atoms with Gasteiger partial charge in [0, 0.05) is 0 Å². The van der Waals surface area contributed by atoms with E-state index in [1.165, 1.54) is 0 Å². The summed E-state index contributed by atoms with van der Waals surface area (Å²) in [6.07, 6.45) is 3.45. The van der Waals surface area contributed by atoms with E-state index in [0.29, 0.717) is 0 Å². The third kappa shape index (κ3) is 1.56. The number of allylic oxidation sites excluding steroid dienone is 1. The van der Waals surface area contributed by atoms with Crippen LogP contribution in [-0.4, -0.2) is 0 Å². The SMILES string of the molecule is C=Cc1ccccc1/C(C)=C\N. The van der Waals surface area contributed by atoms with Crippen molar-refractivity contribution < 1.29 is 0 Å². The van der Waals surface area contributed by atoms with Crippen LogP contribution in [0.2, 0.25) is 0 Å². The summed E-state index contributed by atoms with van der Waals surface area (Å²) in [5, 5.41) is 0. The van der Waals surface area contributed by atoms with Crippen LogP contribution in [0.15, 0.2) is 37.0 Å². The Morgan fingerprint density at radius 3 is 2.67 bits per heavy atom. The quantitative estimate of drug-likeness (QED) is 0.705. The van der Waals surface area contributed by atoms with E-state index in [1.807, 2.05) is 37.3 Å². The van der Waals surface area contributed by atoms with Gasteiger partial charge in [-0.1, -0.05) is 36.9 Å². The van der Waals surface area contributed by atoms with E-state index in [0.717, 1.165) is 16.7 Å². The van der Waals surface area contributed by atoms with Crippen molar-refractivity contribution in [1.82, 2.24) is 0 Å². The van der Waals surface area contributed by atoms with Crippen molar-refractivity contribution in [3.05, 3.63) is 48.2 Å². The predicted molar refractivity (Wildman–Crippen MR) is 54.4 cm³/mol. The molecule has 1 nitrogen and oxygen atoms in total. The third-order valence-corrected chi connectivity index (χ3v) is 1.86. The molecule has 0 aliphatic carbocycles. The zero-order valence-corrected chi connectivity index (χ0v) is 7.25. The Balaban J connectivity index is 3.22. The molecule has 12 heavy (non-hydrogen) atoms. The summed E-state index contributed by atoms with van der Waals surface area (Å²) in [4.78, 5) is 0. The Hall–Kier alpha value is -1.50. The first-order chi connectivity index (χ1) is 5.79. The summed E-state index contributed by atoms with van der Waals surface area (Å²) in [5.41, 5.74) is 8.78. The first-order valence-electron chi connectivity index (χ1n) is 3.90. The Kier molecular flexibility index (Phi) is 2.70. The molecule has 0 saturated heterocycles. The van der Waals surface area contributed by atoms with Crippen LogP contribution in [-0.2, 0) is 0 Å². The summed E-state index contributed by atoms with van der Waals surface area (Å²) in [6.45, 7) is 5.73. The molecule has 0 amide bonds. The number of hydrogen-bond acceptors (Lipinski definition) is 1. The van der Waals surface area contributed by atoms with Crippen molar-refractivity contribution in [1.29, 1.82) is 0 Å². The molecule has 1 aromatic carbocycles. The number of hydrogen-bond donors (Lipinski definition) is 1. The van der Waals surface area contributed by atoms with Gasteiger partial charge in [-0.25, -0.2) is 0 Å². The van der Waals surface area contributed by atoms with Crippen molar-refractivity contribution in [3.63, 3.8) is 0 Å². The first kappa shape index (κ1) is 8.60. The van der Waals surface area contributed by atoms with E-state index in [2.05, 4.69) is 6.58 Å². The second-order valence-corrected chi connectivity index (χ2v) is 2.64. The number of benzene rings is 1. The highest BCUT2D eigenvalue weighted by Crippen LogP contribution is 2.18. The highest BCUT2D eigenvalue weighted by Gasteiger charge is 1.98. The summed E-state index contributed by atoms with van der Waals surface area (Å²) < 4.78 is 0. The molecule has 0 saturated carbocycles. The van der Waals surface area contributed by atoms with E-state index in [1.54, 1.807) is 6.20 Å². The van der Waals surface area contributed by atoms with E-state index < -0.39 is 0 Å². The monoisotopic (exact) mass is 159 g/mol. The van der Waals surface area contributed by atoms with Gasteiger partial charge < -0.3 is 5.73 Å². The highest BCUT2D eigenvalue weighted by atomic mass is 14.5. The van der Waals surface area contributed by atoms with Gasteiger partial charge in [-0.2, -0.15) is 0 Å². The van der Waals surface area contributed by atoms with Gasteiger partial charge in [0.25, 0.3) is 0 Å². The lowest BCUT2D eigenvalue weighted by Gasteiger charge is -2.04. The molecule has 0 atom stereocenters. The molecule has 2 N–H and O–H groups in total. The maximum absolute atomic E-state index is 5.43. The van der Waals surface area contributed by atoms with Crippen LogP contribution in [0.4, 0.5) is 0 Å². The average Bonchev–Trinajstić information content (AvgIpc) is 2.16. The molecule has 0 radical (unpaired) electrons. The molecular weight excluding hydrogens is 146 g/mol. The smallest absolute Gasteiger partial charge is 0.00263 e. The molecular formula is C11H13N. The molecule has 1 heteroatoms. The molecule has 0 heterocycles. The molecule has 0 bridgehead atoms. The normalized spacial score (nSPS) is 11.2. The van der Waals surface area contributed by atoms with Gasteiger partial charge in [0.15, 0.2) is 0 Å². The Morgan fingerprint density at radius 2 is 2.08 bits per heavy atom. The fraction of sp³-hybridized carbons (Fsp3) is 0.0909. The fourth-order valence-electron chi connectivity index (χ4n) is 1.12. The van der Waals surface area contributed by atoms with Crippen LogP contribution in [0.25, 0.3) is 11.6 Å². The lowest BCUT2D eigenvalue weighted by atomic mass is 10.0. The van der Waals surface area contributed by atoms with E-state index >= 15 is 0 Å². The van der Waals surface area contributed by atoms with E-state index in [-0.39, 0.29) is 0 Å². The van der Waals surface area contributed by atoms with Crippen molar-refractivity contribution in [2.75, 3.05) is 0 Å². The predicted octanol–water partition coefficient (Wildman–Crippen LogP) is 2.65. The minimum absolute atomic E-state index is 1.07. The van der Waals surface area contributed by atoms with Crippen LogP contribution in [0, 0.1) is 0 Å². The lowest BCUT2D eigenvalue weighted by Crippen LogP contribution is -1.88. The zero-order valence-electron chi connectivity index (χ0n) is 7.25. The van der Waals surface area contributed by atoms with E-state index in [9.17, 15) is 0 Å². The summed E-state index contributed by atoms with van der Waals surface area (Å²) >= 11 is 0. The number of nitrogens with two attached hydrogens (primary N) is 1. The van der Waals surface area contributed by atoms with Crippen molar-refractivity contribution in [2.24, 2.45) is 5.73 Å². The minimum atomic E-state index is 1.07. The first-order valence-corrected chi connectivity index (χ1v) is 3.90. The second kappa shape index (κ2) is 3.77. The topological polar surface area (TPSA) is 26.0 Å². The molecule has 0 aliphatic rings. The highest BCUT2D eigenvalue weighted by molar-refractivity contribution is 5.72. The van der Waals surface area contributed by atoms with Gasteiger partial charge >= 0.3 is 0 Å². The van der Waals surface area contributed by atoms with Gasteiger partial charge in [-0.15, -0.1) is 0 Å². The standard InChI is InChI=1S/C11H13N/c1-3-10-6-4-5-7-11(10)9(2)8-12/h3-8H,1,12H2,2H3/b9-8-. The molecule has 0 unspecified atom stereocenters. The van der Waals surface area contributed by atoms with Gasteiger partial charge in [0.05, 0.1) is 0 Å². The molecule has 0 aromatic heterocycles. The molecule has 0 aliphatic heterocycles. The zero-order chi connectivity index (χ0) is 8.97. The van der Waals surface area contributed by atoms with Gasteiger partial charge in [0.1, 0.15) is 0 Å². The molecule has 0 spiro atoms. The second-order valence-electron chi connectivity index (χ2n) is 2.64. The number of rotatable bonds is 2. The van der Waals surface area contributed by atoms with Crippen LogP contribution in [0.1, 0.15) is 18.1 Å². The third-order valence-electron chi connectivity index (χ3n) is 1.86. The average molecular weight is 159 g/mol. The maximum atomic E-state index is 5.43. The van der Waals surface area contributed by atoms with Crippen LogP contribution >= 0.6 is 0 Å². The lowest BCUT2D eigenvalue weighted by molar-refractivity contribution is 1.49. The van der Waals surface area contributed by atoms with Crippen LogP contribution in [0.5, 0.6) is 0 Å². The summed E-state index contributed by atoms with van der Waals surface area (Å²) in [5.74, 6) is 0. The Bertz CT molecular complexity index is 311. The molecule has 0 fully saturated rings. The molecule has 1 aromatic rings. The summed E-state index contributed by atoms with van der Waals surface area (Å²) in [6, 6.07) is 8.05. The van der Waals surface area contributed by atoms with Crippen LogP contribution in [0.3, 0.4) is 0 Å². The van der Waals surface area contributed by atoms with Crippen LogP contribution < -0.4 is 5.73 Å². The largest absolute Gasteiger partial charge is 0.404 e. The van der Waals surface area contributed by atoms with Gasteiger partial charge in [0.2, 0.25) is 0 Å². The van der Waals surface area contributed by atoms with Gasteiger partial charge in [-0.3, -0.25) is 0 Å². The molecule has 62 valence electrons. The minimum Gasteiger partial charge on any atom is -0.404 e. The van der Waals surface area contributed by atoms with E-state index in [4.69, 9.17) is 5.73 Å².